The molecular formula is C12H18F2O. The van der Waals surface area contributed by atoms with E-state index in [9.17, 15) is 13.9 Å². The van der Waals surface area contributed by atoms with Gasteiger partial charge >= 0.3 is 0 Å². The first-order valence-electron chi connectivity index (χ1n) is 5.50. The molecule has 0 aliphatic heterocycles. The summed E-state index contributed by atoms with van der Waals surface area (Å²) >= 11 is 0. The zero-order chi connectivity index (χ0) is 11.3. The lowest BCUT2D eigenvalue weighted by Crippen LogP contribution is -2.31. The van der Waals surface area contributed by atoms with Crippen LogP contribution in [0.4, 0.5) is 8.78 Å². The Hall–Kier alpha value is -0.620. The van der Waals surface area contributed by atoms with Gasteiger partial charge in [-0.05, 0) is 32.1 Å². The highest BCUT2D eigenvalue weighted by Crippen LogP contribution is 2.38. The second kappa shape index (κ2) is 5.46. The Labute approximate surface area is 89.9 Å². The van der Waals surface area contributed by atoms with Crippen molar-refractivity contribution in [3.05, 3.63) is 0 Å². The van der Waals surface area contributed by atoms with Crippen molar-refractivity contribution in [2.75, 3.05) is 0 Å². The Morgan fingerprint density at radius 2 is 2.00 bits per heavy atom. The molecule has 0 aromatic rings. The van der Waals surface area contributed by atoms with Crippen molar-refractivity contribution >= 4 is 0 Å². The van der Waals surface area contributed by atoms with Crippen LogP contribution in [0.2, 0.25) is 0 Å². The largest absolute Gasteiger partial charge is 0.393 e. The molecule has 0 heterocycles. The number of hydrogen-bond acceptors (Lipinski definition) is 1. The van der Waals surface area contributed by atoms with Gasteiger partial charge in [-0.1, -0.05) is 0 Å². The summed E-state index contributed by atoms with van der Waals surface area (Å²) in [6.45, 7) is 1.76. The molecular weight excluding hydrogens is 198 g/mol. The Morgan fingerprint density at radius 1 is 1.40 bits per heavy atom. The second-order valence-electron chi connectivity index (χ2n) is 4.23. The highest BCUT2D eigenvalue weighted by molar-refractivity contribution is 4.95. The number of hydrogen-bond donors (Lipinski definition) is 1. The first-order valence-corrected chi connectivity index (χ1v) is 5.50. The Morgan fingerprint density at radius 3 is 2.53 bits per heavy atom. The third-order valence-electron chi connectivity index (χ3n) is 3.05. The van der Waals surface area contributed by atoms with Crippen LogP contribution in [0.5, 0.6) is 0 Å². The summed E-state index contributed by atoms with van der Waals surface area (Å²) in [6.07, 6.45) is 1.53. The highest BCUT2D eigenvalue weighted by atomic mass is 19.3. The van der Waals surface area contributed by atoms with Gasteiger partial charge in [0.15, 0.2) is 0 Å². The summed E-state index contributed by atoms with van der Waals surface area (Å²) in [5.74, 6) is 3.18. The van der Waals surface area contributed by atoms with Gasteiger partial charge < -0.3 is 5.11 Å². The van der Waals surface area contributed by atoms with Crippen LogP contribution < -0.4 is 0 Å². The van der Waals surface area contributed by atoms with Crippen molar-refractivity contribution in [2.24, 2.45) is 5.92 Å². The van der Waals surface area contributed by atoms with Crippen molar-refractivity contribution in [1.82, 2.24) is 0 Å². The smallest absolute Gasteiger partial charge is 0.248 e. The van der Waals surface area contributed by atoms with Crippen LogP contribution in [0, 0.1) is 17.8 Å². The average molecular weight is 216 g/mol. The van der Waals surface area contributed by atoms with Crippen molar-refractivity contribution in [1.29, 1.82) is 0 Å². The maximum Gasteiger partial charge on any atom is 0.248 e. The molecule has 1 nitrogen and oxygen atoms in total. The molecule has 1 rings (SSSR count). The van der Waals surface area contributed by atoms with Crippen molar-refractivity contribution in [3.8, 4) is 11.8 Å². The van der Waals surface area contributed by atoms with E-state index in [0.29, 0.717) is 25.7 Å². The highest BCUT2D eigenvalue weighted by Gasteiger charge is 2.36. The molecule has 3 heteroatoms. The van der Waals surface area contributed by atoms with Crippen LogP contribution >= 0.6 is 0 Å². The zero-order valence-electron chi connectivity index (χ0n) is 9.10. The Bertz CT molecular complexity index is 242. The van der Waals surface area contributed by atoms with Gasteiger partial charge in [0.05, 0.1) is 6.10 Å². The fourth-order valence-corrected chi connectivity index (χ4v) is 2.03. The van der Waals surface area contributed by atoms with Crippen molar-refractivity contribution in [2.45, 2.75) is 57.5 Å². The van der Waals surface area contributed by atoms with Crippen LogP contribution in [0.3, 0.4) is 0 Å². The summed E-state index contributed by atoms with van der Waals surface area (Å²) < 4.78 is 25.7. The van der Waals surface area contributed by atoms with Gasteiger partial charge in [0.2, 0.25) is 5.92 Å². The first kappa shape index (κ1) is 12.4. The summed E-state index contributed by atoms with van der Waals surface area (Å²) in [7, 11) is 0. The monoisotopic (exact) mass is 216 g/mol. The maximum absolute atomic E-state index is 12.8. The van der Waals surface area contributed by atoms with Crippen LogP contribution in [0.25, 0.3) is 0 Å². The number of aliphatic hydroxyl groups is 1. The van der Waals surface area contributed by atoms with E-state index in [1.165, 1.54) is 0 Å². The molecule has 0 radical (unpaired) electrons. The van der Waals surface area contributed by atoms with Crippen molar-refractivity contribution < 1.29 is 13.9 Å². The lowest BCUT2D eigenvalue weighted by Gasteiger charge is -2.31. The van der Waals surface area contributed by atoms with E-state index < -0.39 is 12.0 Å². The minimum absolute atomic E-state index is 0.0447. The van der Waals surface area contributed by atoms with E-state index in [4.69, 9.17) is 0 Å². The quantitative estimate of drug-likeness (QED) is 0.719. The number of alkyl halides is 2. The minimum atomic E-state index is -2.50. The molecule has 86 valence electrons. The molecule has 0 amide bonds. The van der Waals surface area contributed by atoms with Gasteiger partial charge in [-0.2, -0.15) is 0 Å². The second-order valence-corrected chi connectivity index (χ2v) is 4.23. The fraction of sp³-hybridized carbons (Fsp3) is 0.833. The Balaban J connectivity index is 2.28. The van der Waals surface area contributed by atoms with Gasteiger partial charge in [-0.3, -0.25) is 0 Å². The molecule has 1 atom stereocenters. The van der Waals surface area contributed by atoms with Crippen LogP contribution in [-0.2, 0) is 0 Å². The van der Waals surface area contributed by atoms with Gasteiger partial charge in [-0.15, -0.1) is 11.8 Å². The molecule has 0 bridgehead atoms. The summed E-state index contributed by atoms with van der Waals surface area (Å²) in [4.78, 5) is 0. The molecule has 1 fully saturated rings. The molecule has 0 spiro atoms. The van der Waals surface area contributed by atoms with E-state index in [2.05, 4.69) is 11.8 Å². The van der Waals surface area contributed by atoms with Crippen LogP contribution in [0.15, 0.2) is 0 Å². The molecule has 0 aromatic heterocycles. The van der Waals surface area contributed by atoms with E-state index in [-0.39, 0.29) is 18.8 Å². The summed E-state index contributed by atoms with van der Waals surface area (Å²) in [6, 6.07) is 0. The standard InChI is InChI=1S/C12H18F2O/c1-2-3-4-5-11(15)10-6-8-12(13,14)9-7-10/h10-11,15H,4-9H2,1H3. The van der Waals surface area contributed by atoms with Gasteiger partial charge in [0, 0.05) is 19.3 Å². The first-order chi connectivity index (χ1) is 7.05. The number of halogens is 2. The molecule has 0 aromatic carbocycles. The molecule has 1 N–H and O–H groups in total. The third kappa shape index (κ3) is 4.17. The average Bonchev–Trinajstić information content (AvgIpc) is 2.18. The number of rotatable bonds is 3. The molecule has 15 heavy (non-hydrogen) atoms. The van der Waals surface area contributed by atoms with E-state index in [1.807, 2.05) is 0 Å². The van der Waals surface area contributed by atoms with Gasteiger partial charge in [-0.25, -0.2) is 8.78 Å². The fourth-order valence-electron chi connectivity index (χ4n) is 2.03. The molecule has 1 unspecified atom stereocenters. The summed E-state index contributed by atoms with van der Waals surface area (Å²) in [5.41, 5.74) is 0. The lowest BCUT2D eigenvalue weighted by molar-refractivity contribution is -0.0627. The molecule has 0 saturated heterocycles. The lowest BCUT2D eigenvalue weighted by atomic mass is 9.82. The van der Waals surface area contributed by atoms with Crippen LogP contribution in [-0.4, -0.2) is 17.1 Å². The zero-order valence-corrected chi connectivity index (χ0v) is 9.10. The minimum Gasteiger partial charge on any atom is -0.393 e. The van der Waals surface area contributed by atoms with E-state index >= 15 is 0 Å². The third-order valence-corrected chi connectivity index (χ3v) is 3.05. The predicted octanol–water partition coefficient (Wildman–Crippen LogP) is 2.98. The van der Waals surface area contributed by atoms with Gasteiger partial charge in [0.25, 0.3) is 0 Å². The topological polar surface area (TPSA) is 20.2 Å². The van der Waals surface area contributed by atoms with Crippen LogP contribution in [0.1, 0.15) is 45.4 Å². The van der Waals surface area contributed by atoms with Gasteiger partial charge in [0.1, 0.15) is 0 Å². The number of aliphatic hydroxyl groups excluding tert-OH is 1. The van der Waals surface area contributed by atoms with Crippen molar-refractivity contribution in [3.63, 3.8) is 0 Å². The maximum atomic E-state index is 12.8. The molecule has 1 saturated carbocycles. The summed E-state index contributed by atoms with van der Waals surface area (Å²) in [5, 5.41) is 9.76. The molecule has 1 aliphatic rings. The predicted molar refractivity (Wildman–Crippen MR) is 55.6 cm³/mol. The van der Waals surface area contributed by atoms with E-state index in [1.54, 1.807) is 6.92 Å². The SMILES string of the molecule is CC#CCCC(O)C1CCC(F)(F)CC1. The molecule has 1 aliphatic carbocycles. The normalized spacial score (nSPS) is 22.9. The van der Waals surface area contributed by atoms with E-state index in [0.717, 1.165) is 0 Å². The Kier molecular flexibility index (Phi) is 4.53.